The number of nitrogens with one attached hydrogen (secondary N) is 2. The number of nitrogens with zero attached hydrogens (tertiary/aromatic N) is 1. The first-order chi connectivity index (χ1) is 14.4. The molecular weight excluding hydrogens is 422 g/mol. The summed E-state index contributed by atoms with van der Waals surface area (Å²) in [6.07, 6.45) is 2.37. The fraction of sp³-hybridized carbons (Fsp3) is 0.455. The topological polar surface area (TPSA) is 70.7 Å². The lowest BCUT2D eigenvalue weighted by Crippen LogP contribution is -2.57. The molecule has 2 atom stereocenters. The normalized spacial score (nSPS) is 24.2. The van der Waals surface area contributed by atoms with E-state index in [1.54, 1.807) is 12.1 Å². The van der Waals surface area contributed by atoms with E-state index in [2.05, 4.69) is 41.6 Å². The van der Waals surface area contributed by atoms with Crippen LogP contribution in [0.4, 0.5) is 5.69 Å². The summed E-state index contributed by atoms with van der Waals surface area (Å²) >= 11 is 7.13. The molecule has 2 aliphatic rings. The summed E-state index contributed by atoms with van der Waals surface area (Å²) in [6, 6.07) is 9.89. The van der Waals surface area contributed by atoms with Crippen molar-refractivity contribution in [2.75, 3.05) is 32.1 Å². The molecule has 0 radical (unpaired) electrons. The molecule has 6 nitrogen and oxygen atoms in total. The van der Waals surface area contributed by atoms with Gasteiger partial charge >= 0.3 is 0 Å². The van der Waals surface area contributed by atoms with Crippen LogP contribution in [-0.2, 0) is 22.4 Å². The number of benzene rings is 1. The second-order valence-corrected chi connectivity index (χ2v) is 9.88. The Balaban J connectivity index is 1.51. The largest absolute Gasteiger partial charge is 0.378 e. The van der Waals surface area contributed by atoms with E-state index in [1.165, 1.54) is 22.5 Å². The molecule has 3 heterocycles. The van der Waals surface area contributed by atoms with Gasteiger partial charge in [0.2, 0.25) is 0 Å². The summed E-state index contributed by atoms with van der Waals surface area (Å²) in [5, 5.41) is 5.91. The minimum atomic E-state index is -1.09. The fourth-order valence-corrected chi connectivity index (χ4v) is 4.93. The Hall–Kier alpha value is -1.93. The average Bonchev–Trinajstić information content (AvgIpc) is 3.34. The molecule has 160 valence electrons. The van der Waals surface area contributed by atoms with Gasteiger partial charge < -0.3 is 20.3 Å². The standard InChI is InChI=1S/C22H26ClN3O3S/c1-14-11-16-12-17(4-3-15(16)7-9-26(14)2)24-21(28)22(8-10-29-13-22)25-20(27)18-5-6-19(23)30-18/h3-6,12,14H,7-11,13H2,1-2H3,(H,24,28)(H,25,27)/t14?,22-/m0/s1. The number of carbonyl (C=O) groups is 2. The number of amides is 2. The highest BCUT2D eigenvalue weighted by Gasteiger charge is 2.44. The number of anilines is 1. The summed E-state index contributed by atoms with van der Waals surface area (Å²) in [7, 11) is 2.15. The highest BCUT2D eigenvalue weighted by atomic mass is 35.5. The number of carbonyl (C=O) groups excluding carboxylic acids is 2. The summed E-state index contributed by atoms with van der Waals surface area (Å²) in [4.78, 5) is 28.7. The Morgan fingerprint density at radius 1 is 1.27 bits per heavy atom. The van der Waals surface area contributed by atoms with E-state index in [1.807, 2.05) is 6.07 Å². The zero-order valence-electron chi connectivity index (χ0n) is 17.2. The van der Waals surface area contributed by atoms with Gasteiger partial charge in [-0.1, -0.05) is 17.7 Å². The molecule has 0 aliphatic carbocycles. The van der Waals surface area contributed by atoms with Crippen LogP contribution in [0.25, 0.3) is 0 Å². The Bertz CT molecular complexity index is 955. The van der Waals surface area contributed by atoms with Crippen molar-refractivity contribution in [1.82, 2.24) is 10.2 Å². The SMILES string of the molecule is CC1Cc2cc(NC(=O)[C@]3(NC(=O)c4ccc(Cl)s4)CCOC3)ccc2CCN1C. The van der Waals surface area contributed by atoms with Crippen LogP contribution in [0.1, 0.15) is 34.1 Å². The molecule has 2 aliphatic heterocycles. The van der Waals surface area contributed by atoms with Crippen LogP contribution < -0.4 is 10.6 Å². The van der Waals surface area contributed by atoms with E-state index in [-0.39, 0.29) is 18.4 Å². The van der Waals surface area contributed by atoms with Crippen molar-refractivity contribution < 1.29 is 14.3 Å². The second kappa shape index (κ2) is 8.67. The maximum Gasteiger partial charge on any atom is 0.262 e. The first kappa shape index (κ1) is 21.3. The summed E-state index contributed by atoms with van der Waals surface area (Å²) in [6.45, 7) is 3.82. The number of rotatable bonds is 4. The molecule has 1 aromatic carbocycles. The molecule has 0 spiro atoms. The van der Waals surface area contributed by atoms with E-state index in [0.717, 1.165) is 25.1 Å². The molecule has 1 unspecified atom stereocenters. The predicted molar refractivity (Wildman–Crippen MR) is 120 cm³/mol. The summed E-state index contributed by atoms with van der Waals surface area (Å²) in [5.41, 5.74) is 2.24. The molecular formula is C22H26ClN3O3S. The maximum absolute atomic E-state index is 13.2. The number of likely N-dealkylation sites (N-methyl/N-ethyl adjacent to an activating group) is 1. The Morgan fingerprint density at radius 3 is 2.80 bits per heavy atom. The Kier molecular flexibility index (Phi) is 6.16. The van der Waals surface area contributed by atoms with E-state index < -0.39 is 5.54 Å². The lowest BCUT2D eigenvalue weighted by molar-refractivity contribution is -0.122. The maximum atomic E-state index is 13.2. The van der Waals surface area contributed by atoms with Gasteiger partial charge in [-0.05, 0) is 62.2 Å². The highest BCUT2D eigenvalue weighted by Crippen LogP contribution is 2.27. The monoisotopic (exact) mass is 447 g/mol. The van der Waals surface area contributed by atoms with Gasteiger partial charge in [0.05, 0.1) is 15.8 Å². The van der Waals surface area contributed by atoms with Crippen molar-refractivity contribution in [2.24, 2.45) is 0 Å². The third kappa shape index (κ3) is 4.39. The first-order valence-corrected chi connectivity index (χ1v) is 11.3. The highest BCUT2D eigenvalue weighted by molar-refractivity contribution is 7.18. The van der Waals surface area contributed by atoms with Crippen LogP contribution in [0.3, 0.4) is 0 Å². The van der Waals surface area contributed by atoms with E-state index in [9.17, 15) is 9.59 Å². The number of hydrogen-bond donors (Lipinski definition) is 2. The minimum absolute atomic E-state index is 0.149. The first-order valence-electron chi connectivity index (χ1n) is 10.2. The van der Waals surface area contributed by atoms with Gasteiger partial charge in [0.15, 0.2) is 0 Å². The van der Waals surface area contributed by atoms with Gasteiger partial charge in [0.25, 0.3) is 11.8 Å². The van der Waals surface area contributed by atoms with Crippen molar-refractivity contribution in [3.63, 3.8) is 0 Å². The van der Waals surface area contributed by atoms with Gasteiger partial charge in [-0.25, -0.2) is 0 Å². The lowest BCUT2D eigenvalue weighted by atomic mass is 9.96. The van der Waals surface area contributed by atoms with Crippen LogP contribution in [0.2, 0.25) is 4.34 Å². The molecule has 1 aromatic heterocycles. The number of fused-ring (bicyclic) bond motifs is 1. The Morgan fingerprint density at radius 2 is 2.10 bits per heavy atom. The number of ether oxygens (including phenoxy) is 1. The molecule has 2 aromatic rings. The zero-order chi connectivity index (χ0) is 21.3. The van der Waals surface area contributed by atoms with Crippen LogP contribution in [-0.4, -0.2) is 55.1 Å². The quantitative estimate of drug-likeness (QED) is 0.754. The smallest absolute Gasteiger partial charge is 0.262 e. The van der Waals surface area contributed by atoms with Crippen LogP contribution >= 0.6 is 22.9 Å². The van der Waals surface area contributed by atoms with E-state index in [0.29, 0.717) is 28.3 Å². The molecule has 1 fully saturated rings. The summed E-state index contributed by atoms with van der Waals surface area (Å²) < 4.78 is 6.02. The fourth-order valence-electron chi connectivity index (χ4n) is 3.99. The number of thiophene rings is 1. The van der Waals surface area contributed by atoms with Gasteiger partial charge in [0.1, 0.15) is 5.54 Å². The molecule has 4 rings (SSSR count). The summed E-state index contributed by atoms with van der Waals surface area (Å²) in [5.74, 6) is -0.568. The third-order valence-corrected chi connectivity index (χ3v) is 7.30. The van der Waals surface area contributed by atoms with Crippen molar-refractivity contribution >= 4 is 40.4 Å². The van der Waals surface area contributed by atoms with Gasteiger partial charge in [0, 0.05) is 31.3 Å². The van der Waals surface area contributed by atoms with Crippen molar-refractivity contribution in [3.05, 3.63) is 50.7 Å². The Labute approximate surface area is 185 Å². The minimum Gasteiger partial charge on any atom is -0.378 e. The third-order valence-electron chi connectivity index (χ3n) is 6.07. The van der Waals surface area contributed by atoms with Gasteiger partial charge in [-0.2, -0.15) is 0 Å². The van der Waals surface area contributed by atoms with E-state index >= 15 is 0 Å². The second-order valence-electron chi connectivity index (χ2n) is 8.16. The predicted octanol–water partition coefficient (Wildman–Crippen LogP) is 3.35. The van der Waals surface area contributed by atoms with Gasteiger partial charge in [-0.3, -0.25) is 9.59 Å². The van der Waals surface area contributed by atoms with Crippen molar-refractivity contribution in [2.45, 2.75) is 37.8 Å². The van der Waals surface area contributed by atoms with Crippen LogP contribution in [0.15, 0.2) is 30.3 Å². The van der Waals surface area contributed by atoms with Crippen LogP contribution in [0, 0.1) is 0 Å². The number of halogens is 1. The van der Waals surface area contributed by atoms with Crippen molar-refractivity contribution in [3.8, 4) is 0 Å². The molecule has 30 heavy (non-hydrogen) atoms. The van der Waals surface area contributed by atoms with Crippen LogP contribution in [0.5, 0.6) is 0 Å². The molecule has 2 N–H and O–H groups in total. The molecule has 0 saturated carbocycles. The lowest BCUT2D eigenvalue weighted by Gasteiger charge is -2.27. The average molecular weight is 448 g/mol. The zero-order valence-corrected chi connectivity index (χ0v) is 18.7. The van der Waals surface area contributed by atoms with Gasteiger partial charge in [-0.15, -0.1) is 11.3 Å². The molecule has 0 bridgehead atoms. The molecule has 8 heteroatoms. The molecule has 2 amide bonds. The molecule has 1 saturated heterocycles. The van der Waals surface area contributed by atoms with E-state index in [4.69, 9.17) is 16.3 Å². The number of hydrogen-bond acceptors (Lipinski definition) is 5. The van der Waals surface area contributed by atoms with Crippen molar-refractivity contribution in [1.29, 1.82) is 0 Å².